The Morgan fingerprint density at radius 2 is 1.34 bits per heavy atom. The Morgan fingerprint density at radius 1 is 0.743 bits per heavy atom. The summed E-state index contributed by atoms with van der Waals surface area (Å²) in [5.74, 6) is 2.45. The summed E-state index contributed by atoms with van der Waals surface area (Å²) in [6.45, 7) is 15.8. The van der Waals surface area contributed by atoms with Crippen LogP contribution in [0, 0.1) is 51.2 Å². The van der Waals surface area contributed by atoms with Crippen LogP contribution in [0.1, 0.15) is 132 Å². The molecule has 0 bridgehead atoms. The molecular weight excluding hydrogens is 436 g/mol. The van der Waals surface area contributed by atoms with Gasteiger partial charge in [0.1, 0.15) is 0 Å². The van der Waals surface area contributed by atoms with Crippen molar-refractivity contribution in [2.45, 2.75) is 132 Å². The summed E-state index contributed by atoms with van der Waals surface area (Å²) in [4.78, 5) is 21.4. The highest BCUT2D eigenvalue weighted by molar-refractivity contribution is 5.76. The largest absolute Gasteiger partial charge is 0.481 e. The van der Waals surface area contributed by atoms with E-state index in [1.165, 1.54) is 57.8 Å². The third kappa shape index (κ3) is 4.48. The highest BCUT2D eigenvalue weighted by Crippen LogP contribution is 2.75. The molecule has 0 aromatic rings. The molecule has 4 heteroatoms. The number of carbonyl (C=O) groups is 2. The van der Waals surface area contributed by atoms with Gasteiger partial charge in [-0.15, -0.1) is 0 Å². The van der Waals surface area contributed by atoms with Crippen LogP contribution in [-0.4, -0.2) is 22.2 Å². The van der Waals surface area contributed by atoms with Crippen molar-refractivity contribution in [1.29, 1.82) is 0 Å². The fraction of sp³-hybridized carbons (Fsp3) is 0.935. The van der Waals surface area contributed by atoms with Gasteiger partial charge < -0.3 is 10.2 Å². The van der Waals surface area contributed by atoms with Crippen molar-refractivity contribution in [3.05, 3.63) is 0 Å². The van der Waals surface area contributed by atoms with Crippen LogP contribution >= 0.6 is 0 Å². The van der Waals surface area contributed by atoms with Crippen LogP contribution in [0.2, 0.25) is 0 Å². The molecule has 5 aliphatic carbocycles. The van der Waals surface area contributed by atoms with Crippen LogP contribution in [0.15, 0.2) is 0 Å². The molecule has 9 atom stereocenters. The van der Waals surface area contributed by atoms with Crippen molar-refractivity contribution in [2.24, 2.45) is 51.2 Å². The maximum atomic E-state index is 12.4. The van der Waals surface area contributed by atoms with Crippen LogP contribution in [0.25, 0.3) is 0 Å². The molecule has 0 radical (unpaired) electrons. The Morgan fingerprint density at radius 3 is 1.94 bits per heavy atom. The smallest absolute Gasteiger partial charge is 0.309 e. The average molecular weight is 491 g/mol. The standard InChI is InChI=1S/C26H42O2.C3H8.C2H4O2/c1-17-7-5-12-23(2)18(17)11-14-25(4)21(23)10-9-19-20-8-6-13-26(20,22(27)28)16-15-24(19,25)3;1-3-2;1-2(3)4/h17-21H,5-16H2,1-4H3,(H,27,28);3H2,1-2H3;1H3,(H,3,4)/t17?,18?,19?,20?,21?,23?,24-,25?,26?;;/m1../s1. The zero-order valence-corrected chi connectivity index (χ0v) is 23.8. The normalized spacial score (nSPS) is 47.8. The zero-order valence-electron chi connectivity index (χ0n) is 23.8. The third-order valence-electron chi connectivity index (χ3n) is 12.2. The minimum Gasteiger partial charge on any atom is -0.481 e. The number of aliphatic carboxylic acids is 2. The predicted molar refractivity (Wildman–Crippen MR) is 142 cm³/mol. The fourth-order valence-electron chi connectivity index (χ4n) is 10.6. The predicted octanol–water partition coefficient (Wildman–Crippen LogP) is 8.43. The summed E-state index contributed by atoms with van der Waals surface area (Å²) >= 11 is 0. The van der Waals surface area contributed by atoms with Crippen LogP contribution < -0.4 is 0 Å². The van der Waals surface area contributed by atoms with Gasteiger partial charge in [0.15, 0.2) is 0 Å². The highest BCUT2D eigenvalue weighted by atomic mass is 16.4. The van der Waals surface area contributed by atoms with Crippen LogP contribution in [-0.2, 0) is 9.59 Å². The molecule has 202 valence electrons. The molecule has 5 fully saturated rings. The minimum atomic E-state index is -0.833. The maximum Gasteiger partial charge on any atom is 0.309 e. The summed E-state index contributed by atoms with van der Waals surface area (Å²) < 4.78 is 0. The second-order valence-corrected chi connectivity index (χ2v) is 13.8. The van der Waals surface area contributed by atoms with Crippen LogP contribution in [0.4, 0.5) is 0 Å². The van der Waals surface area contributed by atoms with Gasteiger partial charge in [-0.3, -0.25) is 9.59 Å². The first-order valence-electron chi connectivity index (χ1n) is 14.8. The summed E-state index contributed by atoms with van der Waals surface area (Å²) in [6, 6.07) is 0. The van der Waals surface area contributed by atoms with E-state index in [1.54, 1.807) is 0 Å². The lowest BCUT2D eigenvalue weighted by molar-refractivity contribution is -0.227. The molecule has 0 saturated heterocycles. The first-order chi connectivity index (χ1) is 16.3. The van der Waals surface area contributed by atoms with Crippen molar-refractivity contribution in [2.75, 3.05) is 0 Å². The first-order valence-corrected chi connectivity index (χ1v) is 14.8. The molecule has 8 unspecified atom stereocenters. The van der Waals surface area contributed by atoms with E-state index in [0.717, 1.165) is 50.4 Å². The molecule has 5 aliphatic rings. The Bertz CT molecular complexity index is 774. The Hall–Kier alpha value is -1.06. The number of carboxylic acid groups (broad SMARTS) is 2. The summed E-state index contributed by atoms with van der Waals surface area (Å²) in [7, 11) is 0. The molecule has 0 aliphatic heterocycles. The van der Waals surface area contributed by atoms with E-state index in [0.29, 0.717) is 28.1 Å². The molecule has 0 amide bonds. The molecule has 5 rings (SSSR count). The zero-order chi connectivity index (χ0) is 26.2. The quantitative estimate of drug-likeness (QED) is 0.387. The Labute approximate surface area is 215 Å². The van der Waals surface area contributed by atoms with Gasteiger partial charge in [0, 0.05) is 6.92 Å². The van der Waals surface area contributed by atoms with Crippen LogP contribution in [0.3, 0.4) is 0 Å². The number of hydrogen-bond donors (Lipinski definition) is 2. The molecule has 5 saturated carbocycles. The van der Waals surface area contributed by atoms with Gasteiger partial charge in [-0.2, -0.15) is 0 Å². The van der Waals surface area contributed by atoms with Crippen molar-refractivity contribution < 1.29 is 19.8 Å². The molecule has 0 aromatic heterocycles. The van der Waals surface area contributed by atoms with Gasteiger partial charge >= 0.3 is 5.97 Å². The maximum absolute atomic E-state index is 12.4. The molecule has 0 heterocycles. The fourth-order valence-corrected chi connectivity index (χ4v) is 10.6. The average Bonchev–Trinajstić information content (AvgIpc) is 3.20. The molecule has 35 heavy (non-hydrogen) atoms. The Kier molecular flexibility index (Phi) is 8.44. The van der Waals surface area contributed by atoms with E-state index in [1.807, 2.05) is 0 Å². The van der Waals surface area contributed by atoms with Gasteiger partial charge in [0.25, 0.3) is 5.97 Å². The number of fused-ring (bicyclic) bond motifs is 7. The van der Waals surface area contributed by atoms with E-state index in [9.17, 15) is 9.90 Å². The number of rotatable bonds is 1. The summed E-state index contributed by atoms with van der Waals surface area (Å²) in [5.41, 5.74) is 0.896. The van der Waals surface area contributed by atoms with Crippen molar-refractivity contribution in [3.63, 3.8) is 0 Å². The van der Waals surface area contributed by atoms with E-state index < -0.39 is 11.9 Å². The summed E-state index contributed by atoms with van der Waals surface area (Å²) in [6.07, 6.45) is 16.4. The Balaban J connectivity index is 0.000000438. The van der Waals surface area contributed by atoms with E-state index >= 15 is 0 Å². The van der Waals surface area contributed by atoms with Gasteiger partial charge in [-0.05, 0) is 104 Å². The molecule has 0 spiro atoms. The SMILES string of the molecule is CC(=O)O.CC1CCCC2(C)C1CCC1(C)C2CCC2C3CCCC3(C(=O)O)CC[C@]21C.CCC. The molecule has 0 aromatic carbocycles. The lowest BCUT2D eigenvalue weighted by Gasteiger charge is -2.71. The second kappa shape index (κ2) is 10.4. The van der Waals surface area contributed by atoms with Crippen molar-refractivity contribution in [1.82, 2.24) is 0 Å². The minimum absolute atomic E-state index is 0.346. The number of hydrogen-bond acceptors (Lipinski definition) is 2. The lowest BCUT2D eigenvalue weighted by Crippen LogP contribution is -2.64. The van der Waals surface area contributed by atoms with E-state index in [2.05, 4.69) is 41.5 Å². The topological polar surface area (TPSA) is 74.6 Å². The first kappa shape index (κ1) is 28.5. The highest BCUT2D eigenvalue weighted by Gasteiger charge is 2.69. The molecular formula is C31H54O4. The lowest BCUT2D eigenvalue weighted by atomic mass is 9.33. The van der Waals surface area contributed by atoms with Crippen LogP contribution in [0.5, 0.6) is 0 Å². The van der Waals surface area contributed by atoms with Gasteiger partial charge in [-0.1, -0.05) is 67.2 Å². The van der Waals surface area contributed by atoms with Crippen molar-refractivity contribution >= 4 is 11.9 Å². The van der Waals surface area contributed by atoms with Crippen molar-refractivity contribution in [3.8, 4) is 0 Å². The van der Waals surface area contributed by atoms with Gasteiger partial charge in [-0.25, -0.2) is 0 Å². The van der Waals surface area contributed by atoms with Gasteiger partial charge in [0.05, 0.1) is 5.41 Å². The number of carboxylic acids is 2. The molecule has 4 nitrogen and oxygen atoms in total. The van der Waals surface area contributed by atoms with E-state index in [-0.39, 0.29) is 5.41 Å². The second-order valence-electron chi connectivity index (χ2n) is 13.8. The summed E-state index contributed by atoms with van der Waals surface area (Å²) in [5, 5.41) is 17.6. The monoisotopic (exact) mass is 490 g/mol. The third-order valence-corrected chi connectivity index (χ3v) is 12.2. The van der Waals surface area contributed by atoms with Gasteiger partial charge in [0.2, 0.25) is 0 Å². The van der Waals surface area contributed by atoms with E-state index in [4.69, 9.17) is 9.90 Å². The molecule has 2 N–H and O–H groups in total.